The first kappa shape index (κ1) is 13.9. The van der Waals surface area contributed by atoms with Gasteiger partial charge in [0.25, 0.3) is 0 Å². The van der Waals surface area contributed by atoms with Crippen LogP contribution in [0.1, 0.15) is 30.6 Å². The average Bonchev–Trinajstić information content (AvgIpc) is 3.00. The molecular weight excluding hydrogens is 292 g/mol. The number of nitrogens with zero attached hydrogens (tertiary/aromatic N) is 4. The van der Waals surface area contributed by atoms with E-state index in [1.165, 1.54) is 43.6 Å². The SMILES string of the molecule is c1ccc(-c2nnc3sc(CN4CCCCCC4)cn23)cc1. The van der Waals surface area contributed by atoms with Crippen molar-refractivity contribution in [3.8, 4) is 11.4 Å². The molecule has 0 bridgehead atoms. The van der Waals surface area contributed by atoms with E-state index in [9.17, 15) is 0 Å². The van der Waals surface area contributed by atoms with Crippen LogP contribution in [0.25, 0.3) is 16.3 Å². The molecule has 114 valence electrons. The van der Waals surface area contributed by atoms with Gasteiger partial charge < -0.3 is 0 Å². The van der Waals surface area contributed by atoms with Gasteiger partial charge in [0.15, 0.2) is 5.82 Å². The van der Waals surface area contributed by atoms with Gasteiger partial charge in [-0.15, -0.1) is 10.2 Å². The third-order valence-corrected chi connectivity index (χ3v) is 5.23. The van der Waals surface area contributed by atoms with Gasteiger partial charge in [-0.25, -0.2) is 0 Å². The quantitative estimate of drug-likeness (QED) is 0.737. The van der Waals surface area contributed by atoms with E-state index in [2.05, 4.69) is 37.8 Å². The molecule has 0 N–H and O–H groups in total. The van der Waals surface area contributed by atoms with Crippen molar-refractivity contribution < 1.29 is 0 Å². The predicted octanol–water partition coefficient (Wildman–Crippen LogP) is 3.83. The van der Waals surface area contributed by atoms with Gasteiger partial charge in [-0.1, -0.05) is 54.5 Å². The van der Waals surface area contributed by atoms with Crippen LogP contribution < -0.4 is 0 Å². The molecule has 22 heavy (non-hydrogen) atoms. The second kappa shape index (κ2) is 6.18. The maximum Gasteiger partial charge on any atom is 0.216 e. The van der Waals surface area contributed by atoms with Gasteiger partial charge in [0.05, 0.1) is 0 Å². The summed E-state index contributed by atoms with van der Waals surface area (Å²) in [6, 6.07) is 10.3. The van der Waals surface area contributed by atoms with Crippen LogP contribution in [0, 0.1) is 0 Å². The first-order valence-corrected chi connectivity index (χ1v) is 8.83. The van der Waals surface area contributed by atoms with Gasteiger partial charge in [0.2, 0.25) is 4.96 Å². The molecule has 5 heteroatoms. The molecule has 1 aliphatic rings. The highest BCUT2D eigenvalue weighted by Crippen LogP contribution is 2.25. The third kappa shape index (κ3) is 2.78. The van der Waals surface area contributed by atoms with E-state index >= 15 is 0 Å². The van der Waals surface area contributed by atoms with E-state index in [0.717, 1.165) is 22.9 Å². The molecule has 3 heterocycles. The summed E-state index contributed by atoms with van der Waals surface area (Å²) in [6.45, 7) is 3.50. The van der Waals surface area contributed by atoms with Gasteiger partial charge in [0, 0.05) is 23.2 Å². The third-order valence-electron chi connectivity index (χ3n) is 4.27. The zero-order chi connectivity index (χ0) is 14.8. The van der Waals surface area contributed by atoms with Crippen molar-refractivity contribution in [3.63, 3.8) is 0 Å². The second-order valence-corrected chi connectivity index (χ2v) is 7.02. The molecule has 2 aromatic heterocycles. The Morgan fingerprint density at radius 3 is 2.50 bits per heavy atom. The number of rotatable bonds is 3. The van der Waals surface area contributed by atoms with Crippen molar-refractivity contribution in [1.29, 1.82) is 0 Å². The van der Waals surface area contributed by atoms with E-state index in [1.807, 2.05) is 18.2 Å². The van der Waals surface area contributed by atoms with Crippen molar-refractivity contribution in [1.82, 2.24) is 19.5 Å². The average molecular weight is 312 g/mol. The molecule has 0 atom stereocenters. The summed E-state index contributed by atoms with van der Waals surface area (Å²) in [5, 5.41) is 8.68. The predicted molar refractivity (Wildman–Crippen MR) is 90.0 cm³/mol. The van der Waals surface area contributed by atoms with Gasteiger partial charge in [-0.3, -0.25) is 9.30 Å². The molecule has 1 saturated heterocycles. The molecule has 1 aliphatic heterocycles. The van der Waals surface area contributed by atoms with Gasteiger partial charge >= 0.3 is 0 Å². The summed E-state index contributed by atoms with van der Waals surface area (Å²) in [6.07, 6.45) is 7.64. The van der Waals surface area contributed by atoms with Gasteiger partial charge in [0.1, 0.15) is 0 Å². The van der Waals surface area contributed by atoms with E-state index < -0.39 is 0 Å². The van der Waals surface area contributed by atoms with E-state index in [1.54, 1.807) is 11.3 Å². The molecule has 0 spiro atoms. The van der Waals surface area contributed by atoms with Crippen molar-refractivity contribution in [2.45, 2.75) is 32.2 Å². The zero-order valence-corrected chi connectivity index (χ0v) is 13.4. The Bertz CT molecular complexity index is 738. The molecule has 1 fully saturated rings. The fourth-order valence-electron chi connectivity index (χ4n) is 3.12. The largest absolute Gasteiger partial charge is 0.298 e. The Labute approximate surface area is 134 Å². The lowest BCUT2D eigenvalue weighted by Gasteiger charge is -2.18. The smallest absolute Gasteiger partial charge is 0.216 e. The van der Waals surface area contributed by atoms with Crippen molar-refractivity contribution >= 4 is 16.3 Å². The lowest BCUT2D eigenvalue weighted by Crippen LogP contribution is -2.23. The Balaban J connectivity index is 1.60. The minimum absolute atomic E-state index is 0.939. The summed E-state index contributed by atoms with van der Waals surface area (Å²) >= 11 is 1.76. The van der Waals surface area contributed by atoms with Crippen LogP contribution in [0.2, 0.25) is 0 Å². The number of fused-ring (bicyclic) bond motifs is 1. The number of thiazole rings is 1. The number of aromatic nitrogens is 3. The molecule has 4 nitrogen and oxygen atoms in total. The van der Waals surface area contributed by atoms with Crippen LogP contribution in [0.5, 0.6) is 0 Å². The summed E-state index contributed by atoms with van der Waals surface area (Å²) < 4.78 is 2.13. The number of hydrogen-bond donors (Lipinski definition) is 0. The highest BCUT2D eigenvalue weighted by Gasteiger charge is 2.14. The van der Waals surface area contributed by atoms with E-state index in [-0.39, 0.29) is 0 Å². The zero-order valence-electron chi connectivity index (χ0n) is 12.6. The van der Waals surface area contributed by atoms with E-state index in [4.69, 9.17) is 0 Å². The molecule has 3 aromatic rings. The lowest BCUT2D eigenvalue weighted by atomic mass is 10.2. The number of likely N-dealkylation sites (tertiary alicyclic amines) is 1. The van der Waals surface area contributed by atoms with Gasteiger partial charge in [-0.2, -0.15) is 0 Å². The van der Waals surface area contributed by atoms with Crippen LogP contribution in [0.4, 0.5) is 0 Å². The minimum atomic E-state index is 0.939. The van der Waals surface area contributed by atoms with Gasteiger partial charge in [-0.05, 0) is 25.9 Å². The van der Waals surface area contributed by atoms with Crippen molar-refractivity contribution in [3.05, 3.63) is 41.4 Å². The Morgan fingerprint density at radius 1 is 0.955 bits per heavy atom. The highest BCUT2D eigenvalue weighted by molar-refractivity contribution is 7.17. The molecule has 0 saturated carbocycles. The van der Waals surface area contributed by atoms with Crippen LogP contribution in [-0.4, -0.2) is 32.6 Å². The van der Waals surface area contributed by atoms with Crippen molar-refractivity contribution in [2.24, 2.45) is 0 Å². The Hall–Kier alpha value is -1.72. The molecule has 0 radical (unpaired) electrons. The maximum absolute atomic E-state index is 4.34. The molecular formula is C17H20N4S. The molecule has 0 unspecified atom stereocenters. The number of benzene rings is 1. The normalized spacial score (nSPS) is 16.9. The molecule has 0 amide bonds. The Morgan fingerprint density at radius 2 is 1.73 bits per heavy atom. The van der Waals surface area contributed by atoms with Crippen LogP contribution in [0.3, 0.4) is 0 Å². The number of hydrogen-bond acceptors (Lipinski definition) is 4. The molecule has 4 rings (SSSR count). The summed E-state index contributed by atoms with van der Waals surface area (Å²) in [7, 11) is 0. The van der Waals surface area contributed by atoms with E-state index in [0.29, 0.717) is 0 Å². The first-order chi connectivity index (χ1) is 10.9. The Kier molecular flexibility index (Phi) is 3.91. The van der Waals surface area contributed by atoms with Crippen LogP contribution in [0.15, 0.2) is 36.5 Å². The fraction of sp³-hybridized carbons (Fsp3) is 0.412. The standard InChI is InChI=1S/C17H20N4S/c1-2-7-11-20(10-6-1)12-15-13-21-16(18-19-17(21)22-15)14-8-4-3-5-9-14/h3-5,8-9,13H,1-2,6-7,10-12H2. The monoisotopic (exact) mass is 312 g/mol. The van der Waals surface area contributed by atoms with Crippen molar-refractivity contribution in [2.75, 3.05) is 13.1 Å². The highest BCUT2D eigenvalue weighted by atomic mass is 32.1. The fourth-order valence-corrected chi connectivity index (χ4v) is 4.08. The minimum Gasteiger partial charge on any atom is -0.298 e. The topological polar surface area (TPSA) is 33.4 Å². The van der Waals surface area contributed by atoms with Crippen LogP contribution >= 0.6 is 11.3 Å². The first-order valence-electron chi connectivity index (χ1n) is 8.01. The summed E-state index contributed by atoms with van der Waals surface area (Å²) in [4.78, 5) is 4.95. The molecule has 0 aliphatic carbocycles. The second-order valence-electron chi connectivity index (χ2n) is 5.93. The lowest BCUT2D eigenvalue weighted by molar-refractivity contribution is 0.279. The maximum atomic E-state index is 4.34. The summed E-state index contributed by atoms with van der Waals surface area (Å²) in [5.74, 6) is 0.939. The van der Waals surface area contributed by atoms with Crippen LogP contribution in [-0.2, 0) is 6.54 Å². The summed E-state index contributed by atoms with van der Waals surface area (Å²) in [5.41, 5.74) is 1.12. The molecule has 1 aromatic carbocycles.